The number of carboxylic acids is 1. The van der Waals surface area contributed by atoms with E-state index in [0.29, 0.717) is 10.6 Å². The molecule has 0 aliphatic rings. The van der Waals surface area contributed by atoms with Crippen LogP contribution < -0.4 is 5.32 Å². The molecular weight excluding hydrogens is 294 g/mol. The maximum atomic E-state index is 12.0. The van der Waals surface area contributed by atoms with Crippen LogP contribution in [0.4, 0.5) is 5.69 Å². The van der Waals surface area contributed by atoms with E-state index in [-0.39, 0.29) is 23.4 Å². The van der Waals surface area contributed by atoms with E-state index in [1.165, 1.54) is 30.3 Å². The molecule has 0 saturated heterocycles. The van der Waals surface area contributed by atoms with E-state index in [0.717, 1.165) is 0 Å². The highest BCUT2D eigenvalue weighted by Gasteiger charge is 2.13. The van der Waals surface area contributed by atoms with Crippen molar-refractivity contribution in [3.05, 3.63) is 58.6 Å². The molecule has 2 aromatic carbocycles. The molecule has 0 heterocycles. The Morgan fingerprint density at radius 3 is 2.57 bits per heavy atom. The molecule has 5 nitrogen and oxygen atoms in total. The Kier molecular flexibility index (Phi) is 4.45. The monoisotopic (exact) mass is 305 g/mol. The Labute approximate surface area is 125 Å². The van der Waals surface area contributed by atoms with Crippen LogP contribution in [0.2, 0.25) is 5.02 Å². The van der Waals surface area contributed by atoms with Gasteiger partial charge in [0.2, 0.25) is 5.91 Å². The molecule has 0 radical (unpaired) electrons. The minimum atomic E-state index is -1.15. The minimum absolute atomic E-state index is 0.0139. The number of aromatic carboxylic acids is 1. The van der Waals surface area contributed by atoms with Gasteiger partial charge in [-0.15, -0.1) is 0 Å². The summed E-state index contributed by atoms with van der Waals surface area (Å²) in [7, 11) is 0. The summed E-state index contributed by atoms with van der Waals surface area (Å²) in [6.45, 7) is 0. The number of carbonyl (C=O) groups excluding carboxylic acids is 1. The summed E-state index contributed by atoms with van der Waals surface area (Å²) in [6.07, 6.45) is 0.0139. The van der Waals surface area contributed by atoms with Crippen molar-refractivity contribution in [1.29, 1.82) is 0 Å². The smallest absolute Gasteiger partial charge is 0.337 e. The third-order valence-electron chi connectivity index (χ3n) is 2.76. The number of nitrogens with one attached hydrogen (secondary N) is 1. The van der Waals surface area contributed by atoms with E-state index in [2.05, 4.69) is 5.32 Å². The molecule has 6 heteroatoms. The molecule has 0 saturated carbocycles. The van der Waals surface area contributed by atoms with Gasteiger partial charge in [-0.05, 0) is 35.9 Å². The SMILES string of the molecule is O=C(Cc1cccc(O)c1)Nc1cc(Cl)ccc1C(=O)O. The summed E-state index contributed by atoms with van der Waals surface area (Å²) in [6, 6.07) is 10.4. The van der Waals surface area contributed by atoms with Crippen molar-refractivity contribution in [2.75, 3.05) is 5.32 Å². The largest absolute Gasteiger partial charge is 0.508 e. The molecule has 108 valence electrons. The molecule has 0 atom stereocenters. The second kappa shape index (κ2) is 6.28. The molecule has 0 unspecified atom stereocenters. The highest BCUT2D eigenvalue weighted by molar-refractivity contribution is 6.31. The molecule has 0 aliphatic heterocycles. The van der Waals surface area contributed by atoms with E-state index in [4.69, 9.17) is 16.7 Å². The summed E-state index contributed by atoms with van der Waals surface area (Å²) >= 11 is 5.81. The van der Waals surface area contributed by atoms with Crippen LogP contribution in [0, 0.1) is 0 Å². The zero-order valence-corrected chi connectivity index (χ0v) is 11.6. The van der Waals surface area contributed by atoms with Crippen LogP contribution in [-0.2, 0) is 11.2 Å². The van der Waals surface area contributed by atoms with Gasteiger partial charge in [0.1, 0.15) is 5.75 Å². The number of amides is 1. The molecule has 1 amide bonds. The Bertz CT molecular complexity index is 700. The lowest BCUT2D eigenvalue weighted by Gasteiger charge is -2.09. The summed E-state index contributed by atoms with van der Waals surface area (Å²) in [5.74, 6) is -1.49. The van der Waals surface area contributed by atoms with E-state index in [1.807, 2.05) is 0 Å². The molecule has 2 rings (SSSR count). The van der Waals surface area contributed by atoms with Crippen molar-refractivity contribution in [2.24, 2.45) is 0 Å². The van der Waals surface area contributed by atoms with Crippen LogP contribution in [0.1, 0.15) is 15.9 Å². The van der Waals surface area contributed by atoms with E-state index >= 15 is 0 Å². The number of phenols is 1. The molecule has 0 aliphatic carbocycles. The van der Waals surface area contributed by atoms with Crippen molar-refractivity contribution in [1.82, 2.24) is 0 Å². The van der Waals surface area contributed by atoms with Gasteiger partial charge < -0.3 is 15.5 Å². The molecule has 0 fully saturated rings. The Morgan fingerprint density at radius 2 is 1.90 bits per heavy atom. The van der Waals surface area contributed by atoms with Crippen molar-refractivity contribution in [2.45, 2.75) is 6.42 Å². The van der Waals surface area contributed by atoms with Gasteiger partial charge in [0.25, 0.3) is 0 Å². The second-order valence-electron chi connectivity index (χ2n) is 4.39. The predicted molar refractivity (Wildman–Crippen MR) is 78.9 cm³/mol. The van der Waals surface area contributed by atoms with Gasteiger partial charge >= 0.3 is 5.97 Å². The highest BCUT2D eigenvalue weighted by Crippen LogP contribution is 2.21. The van der Waals surface area contributed by atoms with Crippen LogP contribution in [0.3, 0.4) is 0 Å². The fraction of sp³-hybridized carbons (Fsp3) is 0.0667. The van der Waals surface area contributed by atoms with Crippen LogP contribution in [0.25, 0.3) is 0 Å². The summed E-state index contributed by atoms with van der Waals surface area (Å²) < 4.78 is 0. The number of hydrogen-bond donors (Lipinski definition) is 3. The van der Waals surface area contributed by atoms with Crippen molar-refractivity contribution < 1.29 is 19.8 Å². The number of aromatic hydroxyl groups is 1. The minimum Gasteiger partial charge on any atom is -0.508 e. The number of carboxylic acid groups (broad SMARTS) is 1. The Morgan fingerprint density at radius 1 is 1.14 bits per heavy atom. The van der Waals surface area contributed by atoms with Gasteiger partial charge in [0.05, 0.1) is 17.7 Å². The van der Waals surface area contributed by atoms with Gasteiger partial charge in [-0.25, -0.2) is 4.79 Å². The van der Waals surface area contributed by atoms with Gasteiger partial charge in [-0.3, -0.25) is 4.79 Å². The average Bonchev–Trinajstić information content (AvgIpc) is 2.38. The van der Waals surface area contributed by atoms with Crippen molar-refractivity contribution in [3.8, 4) is 5.75 Å². The predicted octanol–water partition coefficient (Wildman–Crippen LogP) is 2.93. The highest BCUT2D eigenvalue weighted by atomic mass is 35.5. The average molecular weight is 306 g/mol. The number of anilines is 1. The first-order valence-electron chi connectivity index (χ1n) is 6.06. The van der Waals surface area contributed by atoms with E-state index < -0.39 is 11.9 Å². The zero-order chi connectivity index (χ0) is 15.4. The molecule has 0 spiro atoms. The van der Waals surface area contributed by atoms with Gasteiger partial charge in [0, 0.05) is 5.02 Å². The molecule has 0 aromatic heterocycles. The van der Waals surface area contributed by atoms with Gasteiger partial charge in [-0.1, -0.05) is 23.7 Å². The van der Waals surface area contributed by atoms with Gasteiger partial charge in [0.15, 0.2) is 0 Å². The van der Waals surface area contributed by atoms with Crippen LogP contribution in [0.5, 0.6) is 5.75 Å². The van der Waals surface area contributed by atoms with Crippen LogP contribution in [-0.4, -0.2) is 22.1 Å². The number of benzene rings is 2. The maximum Gasteiger partial charge on any atom is 0.337 e. The van der Waals surface area contributed by atoms with E-state index in [9.17, 15) is 14.7 Å². The zero-order valence-electron chi connectivity index (χ0n) is 10.8. The number of phenolic OH excluding ortho intramolecular Hbond substituents is 1. The lowest BCUT2D eigenvalue weighted by Crippen LogP contribution is -2.16. The Hall–Kier alpha value is -2.53. The molecular formula is C15H12ClNO4. The number of hydrogen-bond acceptors (Lipinski definition) is 3. The molecule has 0 bridgehead atoms. The van der Waals surface area contributed by atoms with Gasteiger partial charge in [-0.2, -0.15) is 0 Å². The topological polar surface area (TPSA) is 86.6 Å². The van der Waals surface area contributed by atoms with E-state index in [1.54, 1.807) is 12.1 Å². The molecule has 2 aromatic rings. The standard InChI is InChI=1S/C15H12ClNO4/c16-10-4-5-12(15(20)21)13(8-10)17-14(19)7-9-2-1-3-11(18)6-9/h1-6,8,18H,7H2,(H,17,19)(H,20,21). The normalized spacial score (nSPS) is 10.1. The first kappa shape index (κ1) is 14.9. The number of rotatable bonds is 4. The number of halogens is 1. The Balaban J connectivity index is 2.16. The first-order valence-corrected chi connectivity index (χ1v) is 6.44. The first-order chi connectivity index (χ1) is 9.95. The summed E-state index contributed by atoms with van der Waals surface area (Å²) in [5.41, 5.74) is 0.718. The van der Waals surface area contributed by atoms with Crippen molar-refractivity contribution >= 4 is 29.2 Å². The fourth-order valence-electron chi connectivity index (χ4n) is 1.85. The lowest BCUT2D eigenvalue weighted by molar-refractivity contribution is -0.115. The lowest BCUT2D eigenvalue weighted by atomic mass is 10.1. The fourth-order valence-corrected chi connectivity index (χ4v) is 2.02. The summed E-state index contributed by atoms with van der Waals surface area (Å²) in [4.78, 5) is 23.0. The van der Waals surface area contributed by atoms with Crippen LogP contribution in [0.15, 0.2) is 42.5 Å². The van der Waals surface area contributed by atoms with Crippen molar-refractivity contribution in [3.63, 3.8) is 0 Å². The molecule has 21 heavy (non-hydrogen) atoms. The maximum absolute atomic E-state index is 12.0. The number of carbonyl (C=O) groups is 2. The van der Waals surface area contributed by atoms with Crippen LogP contribution >= 0.6 is 11.6 Å². The third kappa shape index (κ3) is 3.97. The summed E-state index contributed by atoms with van der Waals surface area (Å²) in [5, 5.41) is 21.3. The molecule has 3 N–H and O–H groups in total. The quantitative estimate of drug-likeness (QED) is 0.810. The second-order valence-corrected chi connectivity index (χ2v) is 4.83. The third-order valence-corrected chi connectivity index (χ3v) is 3.00.